The van der Waals surface area contributed by atoms with Gasteiger partial charge in [-0.3, -0.25) is 19.3 Å². The summed E-state index contributed by atoms with van der Waals surface area (Å²) in [5.41, 5.74) is 1.88. The van der Waals surface area contributed by atoms with E-state index in [4.69, 9.17) is 0 Å². The Kier molecular flexibility index (Phi) is 4.77. The molecule has 0 bridgehead atoms. The maximum Gasteiger partial charge on any atom is 0.294 e. The van der Waals surface area contributed by atoms with E-state index in [0.29, 0.717) is 10.0 Å². The highest BCUT2D eigenvalue weighted by atomic mass is 32.2. The second-order valence-corrected chi connectivity index (χ2v) is 6.90. The number of thioether (sulfide) groups is 1. The summed E-state index contributed by atoms with van der Waals surface area (Å²) in [7, 11) is 0. The van der Waals surface area contributed by atoms with Gasteiger partial charge in [0.25, 0.3) is 11.1 Å². The molecule has 1 saturated heterocycles. The van der Waals surface area contributed by atoms with Crippen molar-refractivity contribution in [3.63, 3.8) is 0 Å². The smallest absolute Gasteiger partial charge is 0.294 e. The summed E-state index contributed by atoms with van der Waals surface area (Å²) in [6.07, 6.45) is 3.24. The van der Waals surface area contributed by atoms with E-state index in [0.717, 1.165) is 27.8 Å². The van der Waals surface area contributed by atoms with Crippen molar-refractivity contribution < 1.29 is 14.4 Å². The molecular weight excluding hydrogens is 346 g/mol. The Hall–Kier alpha value is -2.45. The lowest BCUT2D eigenvalue weighted by Gasteiger charge is -2.11. The average Bonchev–Trinajstić information content (AvgIpc) is 3.14. The highest BCUT2D eigenvalue weighted by Crippen LogP contribution is 2.32. The first kappa shape index (κ1) is 16.4. The second kappa shape index (κ2) is 6.98. The molecule has 1 fully saturated rings. The van der Waals surface area contributed by atoms with Gasteiger partial charge in [-0.1, -0.05) is 24.3 Å². The molecule has 8 heteroatoms. The number of carbonyl (C=O) groups is 3. The van der Waals surface area contributed by atoms with Gasteiger partial charge < -0.3 is 5.32 Å². The summed E-state index contributed by atoms with van der Waals surface area (Å²) in [4.78, 5) is 41.6. The summed E-state index contributed by atoms with van der Waals surface area (Å²) < 4.78 is 0. The molecule has 1 aliphatic rings. The number of thiazole rings is 1. The first-order valence-electron chi connectivity index (χ1n) is 7.05. The van der Waals surface area contributed by atoms with Crippen molar-refractivity contribution in [3.05, 3.63) is 51.9 Å². The maximum absolute atomic E-state index is 12.4. The number of rotatable bonds is 4. The Morgan fingerprint density at radius 1 is 1.33 bits per heavy atom. The van der Waals surface area contributed by atoms with Gasteiger partial charge in [0.2, 0.25) is 5.91 Å². The van der Waals surface area contributed by atoms with E-state index in [1.165, 1.54) is 11.3 Å². The number of hydrogen-bond acceptors (Lipinski definition) is 6. The van der Waals surface area contributed by atoms with E-state index in [-0.39, 0.29) is 6.54 Å². The minimum absolute atomic E-state index is 0.316. The average molecular weight is 359 g/mol. The SMILES string of the molecule is Cc1ccccc1/C=C1\SC(=O)N(CC(=O)Nc2nccs2)C1=O. The number of aryl methyl sites for hydroxylation is 1. The highest BCUT2D eigenvalue weighted by molar-refractivity contribution is 8.18. The van der Waals surface area contributed by atoms with E-state index >= 15 is 0 Å². The molecule has 0 atom stereocenters. The van der Waals surface area contributed by atoms with Crippen LogP contribution in [0.1, 0.15) is 11.1 Å². The molecule has 3 amide bonds. The quantitative estimate of drug-likeness (QED) is 0.849. The molecule has 2 heterocycles. The summed E-state index contributed by atoms with van der Waals surface area (Å²) in [6.45, 7) is 1.60. The van der Waals surface area contributed by atoms with E-state index in [1.807, 2.05) is 31.2 Å². The first-order valence-corrected chi connectivity index (χ1v) is 8.74. The van der Waals surface area contributed by atoms with Gasteiger partial charge in [-0.15, -0.1) is 11.3 Å². The van der Waals surface area contributed by atoms with E-state index < -0.39 is 17.1 Å². The van der Waals surface area contributed by atoms with Crippen molar-refractivity contribution in [2.75, 3.05) is 11.9 Å². The second-order valence-electron chi connectivity index (χ2n) is 5.01. The predicted octanol–water partition coefficient (Wildman–Crippen LogP) is 3.13. The van der Waals surface area contributed by atoms with Crippen LogP contribution in [0.4, 0.5) is 9.93 Å². The largest absolute Gasteiger partial charge is 0.300 e. The van der Waals surface area contributed by atoms with Crippen LogP contribution in [-0.2, 0) is 9.59 Å². The number of aromatic nitrogens is 1. The van der Waals surface area contributed by atoms with Crippen LogP contribution in [0, 0.1) is 6.92 Å². The Bertz CT molecular complexity index is 831. The molecule has 0 spiro atoms. The van der Waals surface area contributed by atoms with Gasteiger partial charge in [0.05, 0.1) is 4.91 Å². The third-order valence-electron chi connectivity index (χ3n) is 3.33. The first-order chi connectivity index (χ1) is 11.5. The molecule has 0 aliphatic carbocycles. The molecule has 24 heavy (non-hydrogen) atoms. The number of carbonyl (C=O) groups excluding carboxylic acids is 3. The topological polar surface area (TPSA) is 79.4 Å². The molecule has 122 valence electrons. The molecule has 0 radical (unpaired) electrons. The molecule has 1 N–H and O–H groups in total. The lowest BCUT2D eigenvalue weighted by atomic mass is 10.1. The van der Waals surface area contributed by atoms with Crippen LogP contribution in [0.25, 0.3) is 6.08 Å². The van der Waals surface area contributed by atoms with Gasteiger partial charge in [0, 0.05) is 11.6 Å². The lowest BCUT2D eigenvalue weighted by molar-refractivity contribution is -0.127. The van der Waals surface area contributed by atoms with Crippen LogP contribution in [0.2, 0.25) is 0 Å². The lowest BCUT2D eigenvalue weighted by Crippen LogP contribution is -2.36. The summed E-state index contributed by atoms with van der Waals surface area (Å²) >= 11 is 2.11. The molecule has 3 rings (SSSR count). The molecule has 1 aliphatic heterocycles. The van der Waals surface area contributed by atoms with Crippen molar-refractivity contribution in [2.24, 2.45) is 0 Å². The Labute approximate surface area is 146 Å². The number of hydrogen-bond donors (Lipinski definition) is 1. The Balaban J connectivity index is 1.72. The number of nitrogens with zero attached hydrogens (tertiary/aromatic N) is 2. The van der Waals surface area contributed by atoms with E-state index in [1.54, 1.807) is 17.7 Å². The van der Waals surface area contributed by atoms with Crippen molar-refractivity contribution in [2.45, 2.75) is 6.92 Å². The van der Waals surface area contributed by atoms with Gasteiger partial charge in [-0.25, -0.2) is 4.98 Å². The zero-order valence-corrected chi connectivity index (χ0v) is 14.3. The van der Waals surface area contributed by atoms with E-state index in [9.17, 15) is 14.4 Å². The van der Waals surface area contributed by atoms with Gasteiger partial charge in [0.15, 0.2) is 5.13 Å². The highest BCUT2D eigenvalue weighted by Gasteiger charge is 2.36. The Morgan fingerprint density at radius 2 is 2.12 bits per heavy atom. The zero-order chi connectivity index (χ0) is 17.1. The Morgan fingerprint density at radius 3 is 2.83 bits per heavy atom. The number of nitrogens with one attached hydrogen (secondary N) is 1. The fraction of sp³-hybridized carbons (Fsp3) is 0.125. The molecule has 6 nitrogen and oxygen atoms in total. The zero-order valence-electron chi connectivity index (χ0n) is 12.7. The van der Waals surface area contributed by atoms with Gasteiger partial charge in [0.1, 0.15) is 6.54 Å². The molecule has 0 unspecified atom stereocenters. The summed E-state index contributed by atoms with van der Waals surface area (Å²) in [5, 5.41) is 4.26. The van der Waals surface area contributed by atoms with Crippen LogP contribution >= 0.6 is 23.1 Å². The normalized spacial score (nSPS) is 16.0. The van der Waals surface area contributed by atoms with Crippen molar-refractivity contribution in [3.8, 4) is 0 Å². The number of amides is 3. The fourth-order valence-electron chi connectivity index (χ4n) is 2.11. The molecule has 0 saturated carbocycles. The fourth-order valence-corrected chi connectivity index (χ4v) is 3.49. The van der Waals surface area contributed by atoms with Crippen molar-refractivity contribution in [1.82, 2.24) is 9.88 Å². The van der Waals surface area contributed by atoms with Crippen LogP contribution in [0.5, 0.6) is 0 Å². The minimum Gasteiger partial charge on any atom is -0.300 e. The summed E-state index contributed by atoms with van der Waals surface area (Å²) in [6, 6.07) is 7.57. The third kappa shape index (κ3) is 3.55. The van der Waals surface area contributed by atoms with Crippen molar-refractivity contribution in [1.29, 1.82) is 0 Å². The predicted molar refractivity (Wildman–Crippen MR) is 94.6 cm³/mol. The maximum atomic E-state index is 12.4. The van der Waals surface area contributed by atoms with Gasteiger partial charge in [-0.2, -0.15) is 0 Å². The molecule has 2 aromatic rings. The molecule has 1 aromatic heterocycles. The molecule has 1 aromatic carbocycles. The van der Waals surface area contributed by atoms with Crippen LogP contribution < -0.4 is 5.32 Å². The number of benzene rings is 1. The van der Waals surface area contributed by atoms with E-state index in [2.05, 4.69) is 10.3 Å². The van der Waals surface area contributed by atoms with Crippen LogP contribution in [0.3, 0.4) is 0 Å². The minimum atomic E-state index is -0.456. The van der Waals surface area contributed by atoms with Crippen molar-refractivity contribution >= 4 is 51.4 Å². The molecular formula is C16H13N3O3S2. The number of imide groups is 1. The summed E-state index contributed by atoms with van der Waals surface area (Å²) in [5.74, 6) is -0.910. The third-order valence-corrected chi connectivity index (χ3v) is 4.92. The monoisotopic (exact) mass is 359 g/mol. The van der Waals surface area contributed by atoms with Crippen LogP contribution in [-0.4, -0.2) is 33.5 Å². The number of anilines is 1. The van der Waals surface area contributed by atoms with Gasteiger partial charge >= 0.3 is 0 Å². The van der Waals surface area contributed by atoms with Gasteiger partial charge in [-0.05, 0) is 35.9 Å². The standard InChI is InChI=1S/C16H13N3O3S2/c1-10-4-2-3-5-11(10)8-12-14(21)19(16(22)24-12)9-13(20)18-15-17-6-7-23-15/h2-8H,9H2,1H3,(H,17,18,20)/b12-8-. The van der Waals surface area contributed by atoms with Crippen LogP contribution in [0.15, 0.2) is 40.7 Å².